The number of carboxylic acid groups (broad SMARTS) is 1. The standard InChI is InChI=1S/C14H17NO4S/c1-20-8-9-2-4-10(5-3-9)13(17)15-7-11(16)6-12(15)14(18)19/h2-5,11-12,16H,6-8H2,1H3,(H,18,19). The fourth-order valence-corrected chi connectivity index (χ4v) is 2.87. The highest BCUT2D eigenvalue weighted by Crippen LogP contribution is 2.21. The molecule has 2 atom stereocenters. The first kappa shape index (κ1) is 14.9. The van der Waals surface area contributed by atoms with Crippen molar-refractivity contribution in [1.29, 1.82) is 0 Å². The molecule has 1 amide bonds. The molecular weight excluding hydrogens is 278 g/mol. The molecule has 1 heterocycles. The third-order valence-electron chi connectivity index (χ3n) is 3.34. The summed E-state index contributed by atoms with van der Waals surface area (Å²) in [4.78, 5) is 24.7. The lowest BCUT2D eigenvalue weighted by atomic mass is 10.1. The van der Waals surface area contributed by atoms with Crippen LogP contribution in [0.4, 0.5) is 0 Å². The van der Waals surface area contributed by atoms with Crippen LogP contribution in [0.1, 0.15) is 22.3 Å². The summed E-state index contributed by atoms with van der Waals surface area (Å²) in [6.07, 6.45) is 1.32. The van der Waals surface area contributed by atoms with E-state index in [1.54, 1.807) is 23.9 Å². The number of amides is 1. The minimum absolute atomic E-state index is 0.0718. The van der Waals surface area contributed by atoms with Crippen molar-refractivity contribution in [2.75, 3.05) is 12.8 Å². The van der Waals surface area contributed by atoms with Crippen LogP contribution in [0.25, 0.3) is 0 Å². The van der Waals surface area contributed by atoms with Gasteiger partial charge in [0.2, 0.25) is 0 Å². The summed E-state index contributed by atoms with van der Waals surface area (Å²) in [6.45, 7) is 0.0718. The predicted molar refractivity (Wildman–Crippen MR) is 76.7 cm³/mol. The summed E-state index contributed by atoms with van der Waals surface area (Å²) >= 11 is 1.69. The Morgan fingerprint density at radius 3 is 2.55 bits per heavy atom. The number of nitrogens with zero attached hydrogens (tertiary/aromatic N) is 1. The number of β-amino-alcohol motifs (C(OH)–C–C–N with tert-alkyl or cyclic N) is 1. The number of carbonyl (C=O) groups excluding carboxylic acids is 1. The Morgan fingerprint density at radius 1 is 1.35 bits per heavy atom. The highest BCUT2D eigenvalue weighted by atomic mass is 32.2. The lowest BCUT2D eigenvalue weighted by Gasteiger charge is -2.21. The van der Waals surface area contributed by atoms with Gasteiger partial charge in [-0.05, 0) is 24.0 Å². The molecule has 0 radical (unpaired) electrons. The van der Waals surface area contributed by atoms with Crippen molar-refractivity contribution in [2.45, 2.75) is 24.3 Å². The van der Waals surface area contributed by atoms with Crippen LogP contribution >= 0.6 is 11.8 Å². The molecule has 0 saturated carbocycles. The summed E-state index contributed by atoms with van der Waals surface area (Å²) in [6, 6.07) is 6.20. The molecule has 1 saturated heterocycles. The second-order valence-electron chi connectivity index (χ2n) is 4.83. The van der Waals surface area contributed by atoms with Crippen LogP contribution in [0.15, 0.2) is 24.3 Å². The molecule has 1 aromatic rings. The third-order valence-corrected chi connectivity index (χ3v) is 3.96. The maximum Gasteiger partial charge on any atom is 0.326 e. The smallest absolute Gasteiger partial charge is 0.326 e. The second-order valence-corrected chi connectivity index (χ2v) is 5.70. The van der Waals surface area contributed by atoms with Gasteiger partial charge in [-0.2, -0.15) is 11.8 Å². The third kappa shape index (κ3) is 3.13. The fourth-order valence-electron chi connectivity index (χ4n) is 2.35. The molecule has 5 nitrogen and oxygen atoms in total. The number of likely N-dealkylation sites (tertiary alicyclic amines) is 1. The Labute approximate surface area is 121 Å². The first-order valence-corrected chi connectivity index (χ1v) is 7.72. The SMILES string of the molecule is CSCc1ccc(C(=O)N2CC(O)CC2C(=O)O)cc1. The van der Waals surface area contributed by atoms with Crippen LogP contribution in [0, 0.1) is 0 Å². The van der Waals surface area contributed by atoms with E-state index in [0.717, 1.165) is 11.3 Å². The molecule has 108 valence electrons. The van der Waals surface area contributed by atoms with E-state index in [9.17, 15) is 14.7 Å². The van der Waals surface area contributed by atoms with Crippen LogP contribution < -0.4 is 0 Å². The van der Waals surface area contributed by atoms with E-state index in [1.165, 1.54) is 4.90 Å². The average molecular weight is 295 g/mol. The maximum atomic E-state index is 12.3. The topological polar surface area (TPSA) is 77.8 Å². The molecule has 0 aromatic heterocycles. The first-order valence-electron chi connectivity index (χ1n) is 6.32. The minimum atomic E-state index is -1.08. The van der Waals surface area contributed by atoms with Crippen molar-refractivity contribution in [1.82, 2.24) is 4.90 Å². The normalized spacial score (nSPS) is 22.0. The van der Waals surface area contributed by atoms with Crippen molar-refractivity contribution >= 4 is 23.6 Å². The molecule has 0 aliphatic carbocycles. The van der Waals surface area contributed by atoms with Gasteiger partial charge in [0.1, 0.15) is 6.04 Å². The molecule has 1 aliphatic heterocycles. The average Bonchev–Trinajstić information content (AvgIpc) is 2.81. The van der Waals surface area contributed by atoms with Gasteiger partial charge < -0.3 is 15.1 Å². The van der Waals surface area contributed by atoms with Crippen LogP contribution in [-0.2, 0) is 10.5 Å². The molecular formula is C14H17NO4S. The summed E-state index contributed by atoms with van der Waals surface area (Å²) < 4.78 is 0. The monoisotopic (exact) mass is 295 g/mol. The van der Waals surface area contributed by atoms with Gasteiger partial charge in [0.15, 0.2) is 0 Å². The molecule has 1 aliphatic rings. The van der Waals surface area contributed by atoms with E-state index in [1.807, 2.05) is 18.4 Å². The van der Waals surface area contributed by atoms with E-state index in [2.05, 4.69) is 0 Å². The van der Waals surface area contributed by atoms with E-state index < -0.39 is 18.1 Å². The summed E-state index contributed by atoms with van der Waals surface area (Å²) in [5.41, 5.74) is 1.57. The van der Waals surface area contributed by atoms with Gasteiger partial charge in [-0.1, -0.05) is 12.1 Å². The Kier molecular flexibility index (Phi) is 4.67. The number of thioether (sulfide) groups is 1. The first-order chi connectivity index (χ1) is 9.52. The Hall–Kier alpha value is -1.53. The summed E-state index contributed by atoms with van der Waals surface area (Å²) in [7, 11) is 0. The highest BCUT2D eigenvalue weighted by molar-refractivity contribution is 7.97. The zero-order chi connectivity index (χ0) is 14.7. The van der Waals surface area contributed by atoms with Crippen molar-refractivity contribution in [2.24, 2.45) is 0 Å². The van der Waals surface area contributed by atoms with Crippen molar-refractivity contribution in [3.05, 3.63) is 35.4 Å². The molecule has 0 bridgehead atoms. The van der Waals surface area contributed by atoms with Gasteiger partial charge >= 0.3 is 5.97 Å². The zero-order valence-electron chi connectivity index (χ0n) is 11.2. The van der Waals surface area contributed by atoms with Gasteiger partial charge in [-0.3, -0.25) is 4.79 Å². The van der Waals surface area contributed by atoms with Crippen LogP contribution in [0.3, 0.4) is 0 Å². The number of carbonyl (C=O) groups is 2. The molecule has 2 rings (SSSR count). The minimum Gasteiger partial charge on any atom is -0.480 e. The predicted octanol–water partition coefficient (Wildman–Crippen LogP) is 1.21. The van der Waals surface area contributed by atoms with Gasteiger partial charge in [0.05, 0.1) is 6.10 Å². The Bertz CT molecular complexity index is 502. The van der Waals surface area contributed by atoms with Crippen molar-refractivity contribution in [3.63, 3.8) is 0 Å². The van der Waals surface area contributed by atoms with Crippen molar-refractivity contribution in [3.8, 4) is 0 Å². The van der Waals surface area contributed by atoms with Crippen LogP contribution in [-0.4, -0.2) is 51.9 Å². The van der Waals surface area contributed by atoms with Gasteiger partial charge in [-0.15, -0.1) is 0 Å². The van der Waals surface area contributed by atoms with Crippen LogP contribution in [0.2, 0.25) is 0 Å². The van der Waals surface area contributed by atoms with E-state index in [4.69, 9.17) is 5.11 Å². The van der Waals surface area contributed by atoms with Gasteiger partial charge in [0.25, 0.3) is 5.91 Å². The van der Waals surface area contributed by atoms with E-state index in [-0.39, 0.29) is 18.9 Å². The molecule has 2 unspecified atom stereocenters. The molecule has 1 fully saturated rings. The molecule has 2 N–H and O–H groups in total. The molecule has 1 aromatic carbocycles. The lowest BCUT2D eigenvalue weighted by molar-refractivity contribution is -0.141. The highest BCUT2D eigenvalue weighted by Gasteiger charge is 2.39. The van der Waals surface area contributed by atoms with E-state index in [0.29, 0.717) is 5.56 Å². The van der Waals surface area contributed by atoms with Gasteiger partial charge in [0, 0.05) is 24.3 Å². The van der Waals surface area contributed by atoms with E-state index >= 15 is 0 Å². The Balaban J connectivity index is 2.15. The lowest BCUT2D eigenvalue weighted by Crippen LogP contribution is -2.40. The fraction of sp³-hybridized carbons (Fsp3) is 0.429. The maximum absolute atomic E-state index is 12.3. The number of aliphatic hydroxyl groups excluding tert-OH is 1. The molecule has 0 spiro atoms. The summed E-state index contributed by atoms with van der Waals surface area (Å²) in [5, 5.41) is 18.7. The number of rotatable bonds is 4. The molecule has 20 heavy (non-hydrogen) atoms. The van der Waals surface area contributed by atoms with Crippen LogP contribution in [0.5, 0.6) is 0 Å². The number of hydrogen-bond donors (Lipinski definition) is 2. The molecule has 6 heteroatoms. The number of benzene rings is 1. The summed E-state index contributed by atoms with van der Waals surface area (Å²) in [5.74, 6) is -0.548. The largest absolute Gasteiger partial charge is 0.480 e. The second kappa shape index (κ2) is 6.28. The van der Waals surface area contributed by atoms with Gasteiger partial charge in [-0.25, -0.2) is 4.79 Å². The quantitative estimate of drug-likeness (QED) is 0.873. The Morgan fingerprint density at radius 2 is 2.00 bits per heavy atom. The number of aliphatic hydroxyl groups is 1. The number of aliphatic carboxylic acids is 1. The number of carboxylic acids is 1. The van der Waals surface area contributed by atoms with Crippen molar-refractivity contribution < 1.29 is 19.8 Å². The zero-order valence-corrected chi connectivity index (χ0v) is 12.0. The number of hydrogen-bond acceptors (Lipinski definition) is 4.